The molecule has 0 saturated carbocycles. The SMILES string of the molecule is CCC(C)(C)c1ccc(OC[C@H]2CCNC2)cc1. The van der Waals surface area contributed by atoms with Gasteiger partial charge in [0, 0.05) is 12.5 Å². The normalized spacial score (nSPS) is 20.1. The maximum absolute atomic E-state index is 5.85. The Balaban J connectivity index is 1.91. The molecule has 1 atom stereocenters. The minimum absolute atomic E-state index is 0.258. The minimum atomic E-state index is 0.258. The number of hydrogen-bond donors (Lipinski definition) is 1. The standard InChI is InChI=1S/C16H25NO/c1-4-16(2,3)14-5-7-15(8-6-14)18-12-13-9-10-17-11-13/h5-8,13,17H,4,9-12H2,1-3H3/t13-/m0/s1. The molecule has 0 radical (unpaired) electrons. The average Bonchev–Trinajstić information content (AvgIpc) is 2.90. The molecule has 2 heteroatoms. The summed E-state index contributed by atoms with van der Waals surface area (Å²) in [4.78, 5) is 0. The Bertz CT molecular complexity index is 363. The summed E-state index contributed by atoms with van der Waals surface area (Å²) in [6.45, 7) is 9.87. The summed E-state index contributed by atoms with van der Waals surface area (Å²) in [5.41, 5.74) is 1.65. The van der Waals surface area contributed by atoms with Crippen molar-refractivity contribution < 1.29 is 4.74 Å². The highest BCUT2D eigenvalue weighted by Gasteiger charge is 2.18. The van der Waals surface area contributed by atoms with E-state index in [1.54, 1.807) is 0 Å². The van der Waals surface area contributed by atoms with E-state index in [1.807, 2.05) is 0 Å². The summed E-state index contributed by atoms with van der Waals surface area (Å²) >= 11 is 0. The van der Waals surface area contributed by atoms with Crippen molar-refractivity contribution in [3.8, 4) is 5.75 Å². The summed E-state index contributed by atoms with van der Waals surface area (Å²) in [5, 5.41) is 3.37. The Kier molecular flexibility index (Phi) is 4.28. The largest absolute Gasteiger partial charge is 0.493 e. The van der Waals surface area contributed by atoms with Crippen molar-refractivity contribution in [1.82, 2.24) is 5.32 Å². The zero-order chi connectivity index (χ0) is 13.0. The lowest BCUT2D eigenvalue weighted by Gasteiger charge is -2.23. The van der Waals surface area contributed by atoms with Crippen molar-refractivity contribution in [3.05, 3.63) is 29.8 Å². The third-order valence-corrected chi connectivity index (χ3v) is 4.17. The second-order valence-corrected chi connectivity index (χ2v) is 5.93. The zero-order valence-electron chi connectivity index (χ0n) is 11.8. The maximum atomic E-state index is 5.85. The fourth-order valence-electron chi connectivity index (χ4n) is 2.28. The van der Waals surface area contributed by atoms with E-state index in [0.29, 0.717) is 5.92 Å². The Morgan fingerprint density at radius 2 is 2.00 bits per heavy atom. The Morgan fingerprint density at radius 3 is 2.56 bits per heavy atom. The van der Waals surface area contributed by atoms with Crippen LogP contribution >= 0.6 is 0 Å². The average molecular weight is 247 g/mol. The predicted octanol–water partition coefficient (Wildman–Crippen LogP) is 3.36. The minimum Gasteiger partial charge on any atom is -0.493 e. The van der Waals surface area contributed by atoms with Gasteiger partial charge in [0.1, 0.15) is 5.75 Å². The molecule has 2 rings (SSSR count). The molecular formula is C16H25NO. The van der Waals surface area contributed by atoms with E-state index >= 15 is 0 Å². The Labute approximate surface area is 111 Å². The van der Waals surface area contributed by atoms with Gasteiger partial charge >= 0.3 is 0 Å². The van der Waals surface area contributed by atoms with Gasteiger partial charge in [0.2, 0.25) is 0 Å². The van der Waals surface area contributed by atoms with Crippen LogP contribution in [0.3, 0.4) is 0 Å². The van der Waals surface area contributed by atoms with Gasteiger partial charge in [-0.1, -0.05) is 32.9 Å². The van der Waals surface area contributed by atoms with Crippen LogP contribution in [0, 0.1) is 5.92 Å². The zero-order valence-corrected chi connectivity index (χ0v) is 11.8. The maximum Gasteiger partial charge on any atom is 0.119 e. The Morgan fingerprint density at radius 1 is 1.28 bits per heavy atom. The van der Waals surface area contributed by atoms with E-state index in [2.05, 4.69) is 50.4 Å². The quantitative estimate of drug-likeness (QED) is 0.861. The highest BCUT2D eigenvalue weighted by atomic mass is 16.5. The van der Waals surface area contributed by atoms with Crippen molar-refractivity contribution in [3.63, 3.8) is 0 Å². The van der Waals surface area contributed by atoms with Gasteiger partial charge in [0.25, 0.3) is 0 Å². The topological polar surface area (TPSA) is 21.3 Å². The molecule has 0 spiro atoms. The highest BCUT2D eigenvalue weighted by molar-refractivity contribution is 5.31. The first-order valence-electron chi connectivity index (χ1n) is 7.06. The molecular weight excluding hydrogens is 222 g/mol. The van der Waals surface area contributed by atoms with E-state index in [0.717, 1.165) is 31.9 Å². The van der Waals surface area contributed by atoms with Crippen LogP contribution in [0.2, 0.25) is 0 Å². The van der Waals surface area contributed by atoms with Crippen LogP contribution < -0.4 is 10.1 Å². The summed E-state index contributed by atoms with van der Waals surface area (Å²) in [5.74, 6) is 1.68. The van der Waals surface area contributed by atoms with Gasteiger partial charge in [-0.2, -0.15) is 0 Å². The van der Waals surface area contributed by atoms with Gasteiger partial charge in [-0.25, -0.2) is 0 Å². The number of rotatable bonds is 5. The first-order valence-corrected chi connectivity index (χ1v) is 7.06. The monoisotopic (exact) mass is 247 g/mol. The molecule has 2 nitrogen and oxygen atoms in total. The van der Waals surface area contributed by atoms with Crippen molar-refractivity contribution in [1.29, 1.82) is 0 Å². The lowest BCUT2D eigenvalue weighted by Crippen LogP contribution is -2.16. The predicted molar refractivity (Wildman–Crippen MR) is 76.2 cm³/mol. The third-order valence-electron chi connectivity index (χ3n) is 4.17. The molecule has 1 aromatic rings. The Hall–Kier alpha value is -1.02. The molecule has 0 aliphatic carbocycles. The molecule has 18 heavy (non-hydrogen) atoms. The van der Waals surface area contributed by atoms with E-state index in [1.165, 1.54) is 12.0 Å². The van der Waals surface area contributed by atoms with Crippen molar-refractivity contribution >= 4 is 0 Å². The smallest absolute Gasteiger partial charge is 0.119 e. The van der Waals surface area contributed by atoms with Crippen LogP contribution in [-0.2, 0) is 5.41 Å². The van der Waals surface area contributed by atoms with Crippen LogP contribution in [0.4, 0.5) is 0 Å². The number of benzene rings is 1. The second-order valence-electron chi connectivity index (χ2n) is 5.93. The summed E-state index contributed by atoms with van der Waals surface area (Å²) in [7, 11) is 0. The fraction of sp³-hybridized carbons (Fsp3) is 0.625. The first-order chi connectivity index (χ1) is 8.62. The highest BCUT2D eigenvalue weighted by Crippen LogP contribution is 2.28. The molecule has 100 valence electrons. The molecule has 1 saturated heterocycles. The molecule has 1 fully saturated rings. The summed E-state index contributed by atoms with van der Waals surface area (Å²) in [6, 6.07) is 8.61. The number of nitrogens with one attached hydrogen (secondary N) is 1. The number of ether oxygens (including phenoxy) is 1. The molecule has 0 bridgehead atoms. The van der Waals surface area contributed by atoms with Gasteiger partial charge in [-0.15, -0.1) is 0 Å². The molecule has 0 amide bonds. The van der Waals surface area contributed by atoms with Gasteiger partial charge in [0.05, 0.1) is 6.61 Å². The molecule has 0 aromatic heterocycles. The molecule has 1 heterocycles. The van der Waals surface area contributed by atoms with Crippen LogP contribution in [0.15, 0.2) is 24.3 Å². The first kappa shape index (κ1) is 13.4. The third kappa shape index (κ3) is 3.26. The molecule has 1 aromatic carbocycles. The fourth-order valence-corrected chi connectivity index (χ4v) is 2.28. The van der Waals surface area contributed by atoms with Gasteiger partial charge in [-0.05, 0) is 42.5 Å². The van der Waals surface area contributed by atoms with Crippen molar-refractivity contribution in [2.45, 2.75) is 39.0 Å². The van der Waals surface area contributed by atoms with Crippen LogP contribution in [0.5, 0.6) is 5.75 Å². The van der Waals surface area contributed by atoms with E-state index in [-0.39, 0.29) is 5.41 Å². The molecule has 1 N–H and O–H groups in total. The second kappa shape index (κ2) is 5.75. The number of hydrogen-bond acceptors (Lipinski definition) is 2. The van der Waals surface area contributed by atoms with E-state index in [4.69, 9.17) is 4.74 Å². The van der Waals surface area contributed by atoms with Crippen LogP contribution in [0.1, 0.15) is 39.2 Å². The van der Waals surface area contributed by atoms with Crippen LogP contribution in [0.25, 0.3) is 0 Å². The summed E-state index contributed by atoms with van der Waals surface area (Å²) in [6.07, 6.45) is 2.39. The van der Waals surface area contributed by atoms with Gasteiger partial charge < -0.3 is 10.1 Å². The molecule has 1 aliphatic rings. The van der Waals surface area contributed by atoms with Gasteiger partial charge in [0.15, 0.2) is 0 Å². The molecule has 1 aliphatic heterocycles. The van der Waals surface area contributed by atoms with Crippen molar-refractivity contribution in [2.75, 3.05) is 19.7 Å². The van der Waals surface area contributed by atoms with E-state index < -0.39 is 0 Å². The lowest BCUT2D eigenvalue weighted by molar-refractivity contribution is 0.260. The van der Waals surface area contributed by atoms with E-state index in [9.17, 15) is 0 Å². The van der Waals surface area contributed by atoms with Crippen LogP contribution in [-0.4, -0.2) is 19.7 Å². The molecule has 0 unspecified atom stereocenters. The summed E-state index contributed by atoms with van der Waals surface area (Å²) < 4.78 is 5.85. The van der Waals surface area contributed by atoms with Crippen molar-refractivity contribution in [2.24, 2.45) is 5.92 Å². The van der Waals surface area contributed by atoms with Gasteiger partial charge in [-0.3, -0.25) is 0 Å². The lowest BCUT2D eigenvalue weighted by atomic mass is 9.82.